The molecule has 2 heterocycles. The zero-order chi connectivity index (χ0) is 19.5. The molecule has 3 N–H and O–H groups in total. The van der Waals surface area contributed by atoms with Gasteiger partial charge in [0.1, 0.15) is 5.82 Å². The first-order valence-corrected chi connectivity index (χ1v) is 8.66. The highest BCUT2D eigenvalue weighted by Crippen LogP contribution is 2.24. The molecule has 28 heavy (non-hydrogen) atoms. The molecule has 140 valence electrons. The van der Waals surface area contributed by atoms with Crippen LogP contribution in [0.15, 0.2) is 59.4 Å². The van der Waals surface area contributed by atoms with Crippen LogP contribution < -0.4 is 16.0 Å². The summed E-state index contributed by atoms with van der Waals surface area (Å²) in [5.41, 5.74) is 3.97. The summed E-state index contributed by atoms with van der Waals surface area (Å²) in [6.07, 6.45) is 3.40. The van der Waals surface area contributed by atoms with Crippen molar-refractivity contribution in [3.8, 4) is 0 Å². The van der Waals surface area contributed by atoms with E-state index in [2.05, 4.69) is 31.1 Å². The van der Waals surface area contributed by atoms with Gasteiger partial charge in [-0.25, -0.2) is 4.98 Å². The Morgan fingerprint density at radius 3 is 2.68 bits per heavy atom. The Morgan fingerprint density at radius 1 is 1.00 bits per heavy atom. The van der Waals surface area contributed by atoms with Gasteiger partial charge >= 0.3 is 0 Å². The van der Waals surface area contributed by atoms with Crippen LogP contribution in [0.2, 0.25) is 0 Å². The third-order valence-electron chi connectivity index (χ3n) is 4.03. The van der Waals surface area contributed by atoms with Gasteiger partial charge in [0.05, 0.1) is 6.20 Å². The highest BCUT2D eigenvalue weighted by atomic mass is 16.5. The number of aryl methyl sites for hydroxylation is 1. The van der Waals surface area contributed by atoms with E-state index in [1.54, 1.807) is 12.4 Å². The Bertz CT molecular complexity index is 1150. The van der Waals surface area contributed by atoms with E-state index in [4.69, 9.17) is 4.52 Å². The first-order chi connectivity index (χ1) is 13.6. The third-order valence-corrected chi connectivity index (χ3v) is 4.03. The van der Waals surface area contributed by atoms with Crippen molar-refractivity contribution in [2.24, 2.45) is 0 Å². The summed E-state index contributed by atoms with van der Waals surface area (Å²) in [6, 6.07) is 13.1. The topological polar surface area (TPSA) is 105 Å². The number of hydrogen-bond acceptors (Lipinski definition) is 7. The van der Waals surface area contributed by atoms with E-state index in [1.165, 1.54) is 6.92 Å². The molecule has 0 spiro atoms. The molecule has 4 rings (SSSR count). The maximum Gasteiger partial charge on any atom is 0.229 e. The van der Waals surface area contributed by atoms with E-state index in [1.807, 2.05) is 49.4 Å². The van der Waals surface area contributed by atoms with Gasteiger partial charge in [-0.1, -0.05) is 11.2 Å². The molecular weight excluding hydrogens is 356 g/mol. The van der Waals surface area contributed by atoms with Gasteiger partial charge < -0.3 is 20.5 Å². The number of carbonyl (C=O) groups is 1. The molecule has 0 aliphatic carbocycles. The van der Waals surface area contributed by atoms with Crippen LogP contribution in [0.25, 0.3) is 11.0 Å². The fourth-order valence-corrected chi connectivity index (χ4v) is 2.72. The second kappa shape index (κ2) is 7.36. The van der Waals surface area contributed by atoms with Crippen LogP contribution in [0.3, 0.4) is 0 Å². The van der Waals surface area contributed by atoms with E-state index in [9.17, 15) is 4.79 Å². The van der Waals surface area contributed by atoms with Gasteiger partial charge in [0, 0.05) is 41.1 Å². The molecule has 2 aromatic carbocycles. The Morgan fingerprint density at radius 2 is 1.82 bits per heavy atom. The Labute approximate surface area is 161 Å². The molecule has 1 amide bonds. The van der Waals surface area contributed by atoms with Crippen molar-refractivity contribution >= 4 is 45.7 Å². The molecule has 0 saturated carbocycles. The minimum Gasteiger partial charge on any atom is -0.356 e. The van der Waals surface area contributed by atoms with Crippen LogP contribution in [0.4, 0.5) is 28.8 Å². The van der Waals surface area contributed by atoms with Crippen molar-refractivity contribution in [2.75, 3.05) is 16.0 Å². The first kappa shape index (κ1) is 17.5. The summed E-state index contributed by atoms with van der Waals surface area (Å²) in [7, 11) is 0. The number of nitrogens with zero attached hydrogens (tertiary/aromatic N) is 3. The molecule has 4 aromatic rings. The van der Waals surface area contributed by atoms with Crippen LogP contribution in [-0.2, 0) is 4.79 Å². The Kier molecular flexibility index (Phi) is 4.59. The van der Waals surface area contributed by atoms with Crippen LogP contribution in [-0.4, -0.2) is 21.0 Å². The maximum absolute atomic E-state index is 11.2. The molecule has 0 fully saturated rings. The SMILES string of the molecule is CC(=O)Nc1cccc(Nc2nc(Nc3ccc4oncc4c3)ncc2C)c1. The molecule has 0 aliphatic heterocycles. The van der Waals surface area contributed by atoms with E-state index < -0.39 is 0 Å². The summed E-state index contributed by atoms with van der Waals surface area (Å²) in [5, 5.41) is 13.9. The van der Waals surface area contributed by atoms with Crippen molar-refractivity contribution in [1.29, 1.82) is 0 Å². The number of hydrogen-bond donors (Lipinski definition) is 3. The number of carbonyl (C=O) groups excluding carboxylic acids is 1. The van der Waals surface area contributed by atoms with E-state index in [0.29, 0.717) is 17.5 Å². The molecule has 8 nitrogen and oxygen atoms in total. The molecule has 0 saturated heterocycles. The lowest BCUT2D eigenvalue weighted by Gasteiger charge is -2.12. The van der Waals surface area contributed by atoms with E-state index >= 15 is 0 Å². The van der Waals surface area contributed by atoms with Gasteiger partial charge in [-0.05, 0) is 43.3 Å². The summed E-state index contributed by atoms with van der Waals surface area (Å²) in [4.78, 5) is 20.2. The van der Waals surface area contributed by atoms with Gasteiger partial charge in [0.2, 0.25) is 11.9 Å². The van der Waals surface area contributed by atoms with Crippen molar-refractivity contribution in [2.45, 2.75) is 13.8 Å². The van der Waals surface area contributed by atoms with Crippen LogP contribution in [0.1, 0.15) is 12.5 Å². The third kappa shape index (κ3) is 3.90. The zero-order valence-electron chi connectivity index (χ0n) is 15.4. The lowest BCUT2D eigenvalue weighted by atomic mass is 10.2. The number of anilines is 5. The molecule has 2 aromatic heterocycles. The molecular formula is C20H18N6O2. The Balaban J connectivity index is 1.56. The fraction of sp³-hybridized carbons (Fsp3) is 0.100. The summed E-state index contributed by atoms with van der Waals surface area (Å²) < 4.78 is 5.11. The maximum atomic E-state index is 11.2. The zero-order valence-corrected chi connectivity index (χ0v) is 15.4. The van der Waals surface area contributed by atoms with E-state index in [0.717, 1.165) is 27.9 Å². The first-order valence-electron chi connectivity index (χ1n) is 8.66. The summed E-state index contributed by atoms with van der Waals surface area (Å²) in [5.74, 6) is 1.01. The molecule has 0 unspecified atom stereocenters. The van der Waals surface area contributed by atoms with Crippen molar-refractivity contribution in [3.63, 3.8) is 0 Å². The molecule has 0 atom stereocenters. The quantitative estimate of drug-likeness (QED) is 0.476. The van der Waals surface area contributed by atoms with Crippen molar-refractivity contribution in [1.82, 2.24) is 15.1 Å². The molecule has 8 heteroatoms. The number of nitrogens with one attached hydrogen (secondary N) is 3. The number of benzene rings is 2. The minimum atomic E-state index is -0.119. The van der Waals surface area contributed by atoms with Crippen LogP contribution in [0, 0.1) is 6.92 Å². The number of fused-ring (bicyclic) bond motifs is 1. The standard InChI is InChI=1S/C20H18N6O2/c1-12-10-21-20(25-17-6-7-18-14(8-17)11-22-28-18)26-19(12)24-16-5-3-4-15(9-16)23-13(2)27/h3-11H,1-2H3,(H,23,27)(H2,21,24,25,26). The van der Waals surface area contributed by atoms with Gasteiger partial charge in [-0.15, -0.1) is 0 Å². The average molecular weight is 374 g/mol. The van der Waals surface area contributed by atoms with Crippen molar-refractivity contribution in [3.05, 3.63) is 60.4 Å². The predicted molar refractivity (Wildman–Crippen MR) is 108 cm³/mol. The van der Waals surface area contributed by atoms with Gasteiger partial charge in [0.15, 0.2) is 5.58 Å². The monoisotopic (exact) mass is 374 g/mol. The van der Waals surface area contributed by atoms with Crippen molar-refractivity contribution < 1.29 is 9.32 Å². The number of amides is 1. The average Bonchev–Trinajstić information content (AvgIpc) is 3.12. The number of rotatable bonds is 5. The highest BCUT2D eigenvalue weighted by Gasteiger charge is 2.07. The van der Waals surface area contributed by atoms with Crippen LogP contribution >= 0.6 is 0 Å². The second-order valence-electron chi connectivity index (χ2n) is 6.32. The van der Waals surface area contributed by atoms with Crippen LogP contribution in [0.5, 0.6) is 0 Å². The predicted octanol–water partition coefficient (Wildman–Crippen LogP) is 4.37. The lowest BCUT2D eigenvalue weighted by Crippen LogP contribution is -2.06. The van der Waals surface area contributed by atoms with Gasteiger partial charge in [-0.2, -0.15) is 4.98 Å². The van der Waals surface area contributed by atoms with Gasteiger partial charge in [0.25, 0.3) is 0 Å². The lowest BCUT2D eigenvalue weighted by molar-refractivity contribution is -0.114. The van der Waals surface area contributed by atoms with Gasteiger partial charge in [-0.3, -0.25) is 4.79 Å². The smallest absolute Gasteiger partial charge is 0.229 e. The molecule has 0 radical (unpaired) electrons. The fourth-order valence-electron chi connectivity index (χ4n) is 2.72. The number of aromatic nitrogens is 3. The molecule has 0 aliphatic rings. The minimum absolute atomic E-state index is 0.119. The molecule has 0 bridgehead atoms. The summed E-state index contributed by atoms with van der Waals surface area (Å²) in [6.45, 7) is 3.40. The Hall–Kier alpha value is -3.94. The summed E-state index contributed by atoms with van der Waals surface area (Å²) >= 11 is 0. The largest absolute Gasteiger partial charge is 0.356 e. The normalized spacial score (nSPS) is 10.6. The van der Waals surface area contributed by atoms with E-state index in [-0.39, 0.29) is 5.91 Å². The highest BCUT2D eigenvalue weighted by molar-refractivity contribution is 5.89. The second-order valence-corrected chi connectivity index (χ2v) is 6.32.